The number of anilines is 2. The third-order valence-corrected chi connectivity index (χ3v) is 7.92. The highest BCUT2D eigenvalue weighted by atomic mass is 79.9. The maximum absolute atomic E-state index is 9.41. The zero-order valence-corrected chi connectivity index (χ0v) is 21.8. The van der Waals surface area contributed by atoms with E-state index in [1.165, 1.54) is 11.1 Å². The van der Waals surface area contributed by atoms with E-state index in [9.17, 15) is 5.26 Å². The van der Waals surface area contributed by atoms with E-state index in [2.05, 4.69) is 115 Å². The quantitative estimate of drug-likeness (QED) is 0.359. The molecule has 3 aromatic rings. The number of para-hydroxylation sites is 2. The van der Waals surface area contributed by atoms with Crippen LogP contribution in [0.1, 0.15) is 22.3 Å². The fourth-order valence-electron chi connectivity index (χ4n) is 4.42. The van der Waals surface area contributed by atoms with Gasteiger partial charge in [0.05, 0.1) is 33.2 Å². The van der Waals surface area contributed by atoms with Gasteiger partial charge in [-0.15, -0.1) is 0 Å². The molecule has 0 aliphatic carbocycles. The van der Waals surface area contributed by atoms with E-state index in [1.807, 2.05) is 30.5 Å². The first-order valence-electron chi connectivity index (χ1n) is 11.0. The molecule has 0 bridgehead atoms. The summed E-state index contributed by atoms with van der Waals surface area (Å²) in [4.78, 5) is 4.69. The maximum Gasteiger partial charge on any atom is 0.139 e. The van der Waals surface area contributed by atoms with Crippen molar-refractivity contribution in [2.45, 2.75) is 20.0 Å². The van der Waals surface area contributed by atoms with Crippen molar-refractivity contribution >= 4 is 43.2 Å². The Morgan fingerprint density at radius 3 is 2.15 bits per heavy atom. The highest BCUT2D eigenvalue weighted by molar-refractivity contribution is 9.14. The molecular weight excluding hydrogens is 552 g/mol. The van der Waals surface area contributed by atoms with Gasteiger partial charge >= 0.3 is 0 Å². The largest absolute Gasteiger partial charge is 0.358 e. The number of hydrogen-bond acceptors (Lipinski definition) is 4. The third kappa shape index (κ3) is 4.29. The van der Waals surface area contributed by atoms with E-state index in [-0.39, 0.29) is 0 Å². The van der Waals surface area contributed by atoms with E-state index < -0.39 is 0 Å². The van der Waals surface area contributed by atoms with Gasteiger partial charge in [-0.1, -0.05) is 54.1 Å². The molecule has 2 aliphatic heterocycles. The van der Waals surface area contributed by atoms with Crippen molar-refractivity contribution in [3.05, 3.63) is 128 Å². The number of nitrogens with zero attached hydrogens (tertiary/aromatic N) is 3. The Labute approximate surface area is 216 Å². The zero-order chi connectivity index (χ0) is 23.7. The van der Waals surface area contributed by atoms with E-state index in [4.69, 9.17) is 0 Å². The van der Waals surface area contributed by atoms with Crippen LogP contribution in [0.4, 0.5) is 11.4 Å². The van der Waals surface area contributed by atoms with Crippen molar-refractivity contribution in [1.82, 2.24) is 5.32 Å². The first-order chi connectivity index (χ1) is 16.5. The summed E-state index contributed by atoms with van der Waals surface area (Å²) in [6, 6.07) is 27.2. The predicted molar refractivity (Wildman–Crippen MR) is 145 cm³/mol. The van der Waals surface area contributed by atoms with Crippen LogP contribution in [0.2, 0.25) is 0 Å². The number of nitrogens with one attached hydrogen (secondary N) is 1. The topological polar surface area (TPSA) is 42.3 Å². The fourth-order valence-corrected chi connectivity index (χ4v) is 5.17. The number of dihydropyridines is 1. The van der Waals surface area contributed by atoms with Gasteiger partial charge < -0.3 is 15.1 Å². The second-order valence-electron chi connectivity index (χ2n) is 8.30. The zero-order valence-electron chi connectivity index (χ0n) is 18.6. The summed E-state index contributed by atoms with van der Waals surface area (Å²) in [6.45, 7) is 3.49. The van der Waals surface area contributed by atoms with Crippen molar-refractivity contribution < 1.29 is 0 Å². The number of nitriles is 1. The van der Waals surface area contributed by atoms with Crippen LogP contribution >= 0.6 is 31.9 Å². The normalized spacial score (nSPS) is 17.0. The van der Waals surface area contributed by atoms with Crippen LogP contribution in [-0.2, 0) is 13.1 Å². The molecule has 0 aromatic heterocycles. The number of allylic oxidation sites excluding steroid dienone is 3. The number of fused-ring (bicyclic) bond motifs is 1. The van der Waals surface area contributed by atoms with Crippen LogP contribution in [0.3, 0.4) is 0 Å². The Morgan fingerprint density at radius 1 is 0.853 bits per heavy atom. The minimum absolute atomic E-state index is 0.638. The molecule has 0 unspecified atom stereocenters. The smallest absolute Gasteiger partial charge is 0.139 e. The Balaban J connectivity index is 1.67. The van der Waals surface area contributed by atoms with E-state index in [0.717, 1.165) is 44.0 Å². The van der Waals surface area contributed by atoms with Gasteiger partial charge in [0.1, 0.15) is 5.82 Å². The molecule has 34 heavy (non-hydrogen) atoms. The van der Waals surface area contributed by atoms with Gasteiger partial charge in [-0.25, -0.2) is 0 Å². The van der Waals surface area contributed by atoms with Gasteiger partial charge in [-0.3, -0.25) is 0 Å². The van der Waals surface area contributed by atoms with Crippen LogP contribution in [0, 0.1) is 18.3 Å². The summed E-state index contributed by atoms with van der Waals surface area (Å²) in [6.07, 6.45) is 3.93. The highest BCUT2D eigenvalue weighted by Crippen LogP contribution is 2.46. The predicted octanol–water partition coefficient (Wildman–Crippen LogP) is 7.18. The molecule has 3 aromatic carbocycles. The van der Waals surface area contributed by atoms with Crippen molar-refractivity contribution in [2.24, 2.45) is 0 Å². The minimum atomic E-state index is 0.638. The first-order valence-corrected chi connectivity index (χ1v) is 12.6. The summed E-state index contributed by atoms with van der Waals surface area (Å²) < 4.78 is 1.94. The summed E-state index contributed by atoms with van der Waals surface area (Å²) in [5.74, 6) is 1.05. The molecule has 5 rings (SSSR count). The lowest BCUT2D eigenvalue weighted by Gasteiger charge is -2.30. The van der Waals surface area contributed by atoms with Crippen molar-refractivity contribution in [3.8, 4) is 6.07 Å². The lowest BCUT2D eigenvalue weighted by Crippen LogP contribution is -2.32. The van der Waals surface area contributed by atoms with Gasteiger partial charge in [0.2, 0.25) is 0 Å². The average Bonchev–Trinajstić information content (AvgIpc) is 3.14. The highest BCUT2D eigenvalue weighted by Gasteiger charge is 2.35. The maximum atomic E-state index is 9.41. The molecule has 0 spiro atoms. The lowest BCUT2D eigenvalue weighted by molar-refractivity contribution is 0.825. The van der Waals surface area contributed by atoms with Gasteiger partial charge in [0.25, 0.3) is 0 Å². The molecule has 2 heterocycles. The van der Waals surface area contributed by atoms with E-state index in [1.54, 1.807) is 0 Å². The number of benzene rings is 3. The Bertz CT molecular complexity index is 1400. The van der Waals surface area contributed by atoms with Crippen LogP contribution in [0.25, 0.3) is 0 Å². The minimum Gasteiger partial charge on any atom is -0.358 e. The molecule has 168 valence electrons. The Kier molecular flexibility index (Phi) is 6.32. The van der Waals surface area contributed by atoms with Crippen LogP contribution < -0.4 is 15.1 Å². The molecule has 0 saturated carbocycles. The molecule has 2 aliphatic rings. The Hall–Kier alpha value is -3.27. The molecule has 0 atom stereocenters. The summed E-state index contributed by atoms with van der Waals surface area (Å²) >= 11 is 7.48. The fraction of sp³-hybridized carbons (Fsp3) is 0.107. The molecule has 0 amide bonds. The molecule has 0 fully saturated rings. The van der Waals surface area contributed by atoms with Crippen molar-refractivity contribution in [2.75, 3.05) is 9.80 Å². The number of rotatable bonds is 4. The van der Waals surface area contributed by atoms with Gasteiger partial charge in [0.15, 0.2) is 0 Å². The molecule has 0 saturated heterocycles. The average molecular weight is 574 g/mol. The van der Waals surface area contributed by atoms with Gasteiger partial charge in [0, 0.05) is 23.8 Å². The SMILES string of the molecule is Cc1cccc(CN2C(=C3NC=CC(Br)=C3Br)N(Cc3cccc(C#N)c3)c3ccccc32)c1. The molecule has 1 N–H and O–H groups in total. The first kappa shape index (κ1) is 22.5. The van der Waals surface area contributed by atoms with Gasteiger partial charge in [-0.05, 0) is 80.3 Å². The molecule has 0 radical (unpaired) electrons. The third-order valence-electron chi connectivity index (χ3n) is 5.90. The lowest BCUT2D eigenvalue weighted by atomic mass is 10.1. The standard InChI is InChI=1S/C28H22Br2N4/c1-19-6-4-8-21(14-19)17-33-24-10-2-3-11-25(24)34(18-22-9-5-7-20(15-22)16-31)28(33)27-26(30)23(29)12-13-32-27/h2-15,32H,17-18H2,1H3. The summed E-state index contributed by atoms with van der Waals surface area (Å²) in [7, 11) is 0. The summed E-state index contributed by atoms with van der Waals surface area (Å²) in [5, 5.41) is 12.9. The van der Waals surface area contributed by atoms with Crippen LogP contribution in [0.15, 0.2) is 106 Å². The molecular formula is C28H22Br2N4. The summed E-state index contributed by atoms with van der Waals surface area (Å²) in [5.41, 5.74) is 7.49. The second-order valence-corrected chi connectivity index (χ2v) is 9.95. The Morgan fingerprint density at radius 2 is 1.50 bits per heavy atom. The monoisotopic (exact) mass is 572 g/mol. The van der Waals surface area contributed by atoms with Crippen LogP contribution in [0.5, 0.6) is 0 Å². The van der Waals surface area contributed by atoms with Crippen LogP contribution in [-0.4, -0.2) is 0 Å². The van der Waals surface area contributed by atoms with E-state index in [0.29, 0.717) is 12.1 Å². The second kappa shape index (κ2) is 9.54. The number of halogens is 2. The van der Waals surface area contributed by atoms with Crippen molar-refractivity contribution in [1.29, 1.82) is 5.26 Å². The van der Waals surface area contributed by atoms with Gasteiger partial charge in [-0.2, -0.15) is 5.26 Å². The number of aryl methyl sites for hydroxylation is 1. The molecule has 4 nitrogen and oxygen atoms in total. The number of hydrogen-bond donors (Lipinski definition) is 1. The molecule has 6 heteroatoms. The van der Waals surface area contributed by atoms with Crippen molar-refractivity contribution in [3.63, 3.8) is 0 Å². The van der Waals surface area contributed by atoms with E-state index >= 15 is 0 Å².